The van der Waals surface area contributed by atoms with Crippen molar-refractivity contribution >= 4 is 22.1 Å². The molecule has 4 aliphatic carbocycles. The van der Waals surface area contributed by atoms with E-state index >= 15 is 0 Å². The first kappa shape index (κ1) is 21.6. The van der Waals surface area contributed by atoms with Crippen molar-refractivity contribution in [3.63, 3.8) is 0 Å². The van der Waals surface area contributed by atoms with Crippen molar-refractivity contribution < 1.29 is 4.79 Å². The van der Waals surface area contributed by atoms with E-state index in [1.165, 1.54) is 49.7 Å². The van der Waals surface area contributed by atoms with Crippen molar-refractivity contribution in [2.24, 2.45) is 22.2 Å². The molecule has 0 spiro atoms. The van der Waals surface area contributed by atoms with Gasteiger partial charge in [-0.05, 0) is 105 Å². The Kier molecular flexibility index (Phi) is 4.17. The van der Waals surface area contributed by atoms with Gasteiger partial charge in [0.05, 0.1) is 0 Å². The molecule has 2 atom stereocenters. The molecule has 0 saturated carbocycles. The van der Waals surface area contributed by atoms with E-state index in [1.54, 1.807) is 0 Å². The monoisotopic (exact) mass is 460 g/mol. The van der Waals surface area contributed by atoms with Gasteiger partial charge >= 0.3 is 0 Å². The van der Waals surface area contributed by atoms with Crippen molar-refractivity contribution in [2.45, 2.75) is 73.1 Å². The molecule has 178 valence electrons. The quantitative estimate of drug-likeness (QED) is 0.360. The second-order valence-corrected chi connectivity index (χ2v) is 13.8. The molecule has 2 unspecified atom stereocenters. The van der Waals surface area contributed by atoms with Gasteiger partial charge < -0.3 is 0 Å². The van der Waals surface area contributed by atoms with E-state index in [4.69, 9.17) is 0 Å². The first-order chi connectivity index (χ1) is 16.5. The number of rotatable bonds is 1. The Balaban J connectivity index is 1.36. The summed E-state index contributed by atoms with van der Waals surface area (Å²) in [6, 6.07) is 16.0. The molecule has 0 bridgehead atoms. The van der Waals surface area contributed by atoms with Crippen molar-refractivity contribution in [3.8, 4) is 0 Å². The fourth-order valence-corrected chi connectivity index (χ4v) is 8.22. The van der Waals surface area contributed by atoms with E-state index in [0.717, 1.165) is 44.1 Å². The van der Waals surface area contributed by atoms with Gasteiger partial charge in [0.25, 0.3) is 0 Å². The summed E-state index contributed by atoms with van der Waals surface area (Å²) in [5, 5.41) is 2.58. The number of hydrogen-bond donors (Lipinski definition) is 0. The predicted molar refractivity (Wildman–Crippen MR) is 145 cm³/mol. The third-order valence-electron chi connectivity index (χ3n) is 9.61. The van der Waals surface area contributed by atoms with Crippen LogP contribution in [0.1, 0.15) is 84.8 Å². The molecule has 0 N–H and O–H groups in total. The Morgan fingerprint density at radius 2 is 1.34 bits per heavy atom. The first-order valence-corrected chi connectivity index (χ1v) is 13.5. The summed E-state index contributed by atoms with van der Waals surface area (Å²) in [6.45, 7) is 11.8. The standard InChI is InChI=1S/C34H36O/c1-32(2)15-21-9-6-8-20-13-26(14-25(18-32)28(20)21)34(5)19-24-12-23-17-33(3,4)16-22-10-7-11-27(29(22)23)30(24)31(34)35/h6-12,14,26H,13,15-19H2,1-5H3. The molecule has 0 aliphatic heterocycles. The highest BCUT2D eigenvalue weighted by atomic mass is 16.1. The zero-order valence-electron chi connectivity index (χ0n) is 21.8. The summed E-state index contributed by atoms with van der Waals surface area (Å²) in [5.74, 6) is 0.620. The zero-order chi connectivity index (χ0) is 24.3. The summed E-state index contributed by atoms with van der Waals surface area (Å²) in [7, 11) is 0. The van der Waals surface area contributed by atoms with Gasteiger partial charge in [-0.2, -0.15) is 0 Å². The molecule has 0 aromatic heterocycles. The van der Waals surface area contributed by atoms with E-state index < -0.39 is 0 Å². The molecule has 0 saturated heterocycles. The second-order valence-electron chi connectivity index (χ2n) is 13.8. The second kappa shape index (κ2) is 6.75. The van der Waals surface area contributed by atoms with Crippen molar-refractivity contribution in [1.82, 2.24) is 0 Å². The van der Waals surface area contributed by atoms with E-state index in [-0.39, 0.29) is 22.2 Å². The number of hydrogen-bond acceptors (Lipinski definition) is 1. The van der Waals surface area contributed by atoms with Gasteiger partial charge in [-0.3, -0.25) is 4.79 Å². The van der Waals surface area contributed by atoms with Gasteiger partial charge in [-0.25, -0.2) is 0 Å². The fraction of sp³-hybridized carbons (Fsp3) is 0.441. The molecule has 0 fully saturated rings. The summed E-state index contributed by atoms with van der Waals surface area (Å²) in [5.41, 5.74) is 11.3. The molecular formula is C34H36O. The number of ketones is 1. The lowest BCUT2D eigenvalue weighted by atomic mass is 9.63. The Labute approximate surface area is 209 Å². The van der Waals surface area contributed by atoms with Crippen LogP contribution in [-0.4, -0.2) is 5.78 Å². The summed E-state index contributed by atoms with van der Waals surface area (Å²) < 4.78 is 0. The van der Waals surface area contributed by atoms with Crippen molar-refractivity contribution in [3.05, 3.63) is 87.5 Å². The molecule has 3 aromatic rings. The SMILES string of the molecule is CC1(C)CC2=CC(C3(C)Cc4cc5c6c(cccc6c4C3=O)CC(C)(C)C5)Cc3cccc(c32)C1. The van der Waals surface area contributed by atoms with Gasteiger partial charge in [-0.15, -0.1) is 0 Å². The lowest BCUT2D eigenvalue weighted by Crippen LogP contribution is -2.36. The van der Waals surface area contributed by atoms with E-state index in [0.29, 0.717) is 5.78 Å². The third-order valence-corrected chi connectivity index (χ3v) is 9.61. The maximum atomic E-state index is 14.4. The minimum Gasteiger partial charge on any atom is -0.293 e. The lowest BCUT2D eigenvalue weighted by Gasteiger charge is -2.41. The molecular weight excluding hydrogens is 424 g/mol. The van der Waals surface area contributed by atoms with Crippen molar-refractivity contribution in [2.75, 3.05) is 0 Å². The topological polar surface area (TPSA) is 17.1 Å². The third kappa shape index (κ3) is 3.03. The Hall–Kier alpha value is -2.67. The van der Waals surface area contributed by atoms with Gasteiger partial charge in [0.1, 0.15) is 0 Å². The number of allylic oxidation sites excluding steroid dienone is 2. The lowest BCUT2D eigenvalue weighted by molar-refractivity contribution is 0.0780. The van der Waals surface area contributed by atoms with E-state index in [1.807, 2.05) is 0 Å². The smallest absolute Gasteiger partial charge is 0.170 e. The minimum absolute atomic E-state index is 0.248. The number of Topliss-reactive ketones (excluding diaryl/α,β-unsaturated/α-hetero) is 1. The fourth-order valence-electron chi connectivity index (χ4n) is 8.22. The van der Waals surface area contributed by atoms with Crippen LogP contribution < -0.4 is 0 Å². The van der Waals surface area contributed by atoms with Gasteiger partial charge in [0, 0.05) is 11.0 Å². The molecule has 0 radical (unpaired) electrons. The zero-order valence-corrected chi connectivity index (χ0v) is 21.8. The van der Waals surface area contributed by atoms with Crippen LogP contribution in [0.15, 0.2) is 48.5 Å². The predicted octanol–water partition coefficient (Wildman–Crippen LogP) is 7.94. The van der Waals surface area contributed by atoms with Crippen molar-refractivity contribution in [1.29, 1.82) is 0 Å². The highest BCUT2D eigenvalue weighted by Crippen LogP contribution is 2.53. The van der Waals surface area contributed by atoms with Crippen LogP contribution in [0.3, 0.4) is 0 Å². The summed E-state index contributed by atoms with van der Waals surface area (Å²) >= 11 is 0. The van der Waals surface area contributed by atoms with Crippen LogP contribution in [0, 0.1) is 22.2 Å². The molecule has 0 amide bonds. The van der Waals surface area contributed by atoms with Crippen LogP contribution in [0.5, 0.6) is 0 Å². The van der Waals surface area contributed by atoms with Gasteiger partial charge in [0.2, 0.25) is 0 Å². The molecule has 7 rings (SSSR count). The van der Waals surface area contributed by atoms with Crippen LogP contribution >= 0.6 is 0 Å². The van der Waals surface area contributed by atoms with Crippen LogP contribution in [0.4, 0.5) is 0 Å². The minimum atomic E-state index is -0.379. The molecule has 3 aromatic carbocycles. The number of fused-ring (bicyclic) bond motifs is 2. The number of carbonyl (C=O) groups is 1. The summed E-state index contributed by atoms with van der Waals surface area (Å²) in [6.07, 6.45) is 8.80. The molecule has 1 heteroatoms. The van der Waals surface area contributed by atoms with Crippen LogP contribution in [-0.2, 0) is 32.1 Å². The molecule has 4 aliphatic rings. The molecule has 1 nitrogen and oxygen atoms in total. The average molecular weight is 461 g/mol. The Morgan fingerprint density at radius 1 is 0.686 bits per heavy atom. The normalized spacial score (nSPS) is 27.4. The number of benzene rings is 3. The molecule has 35 heavy (non-hydrogen) atoms. The van der Waals surface area contributed by atoms with Crippen LogP contribution in [0.25, 0.3) is 16.3 Å². The van der Waals surface area contributed by atoms with Gasteiger partial charge in [0.15, 0.2) is 5.78 Å². The largest absolute Gasteiger partial charge is 0.293 e. The molecule has 0 heterocycles. The van der Waals surface area contributed by atoms with Crippen LogP contribution in [0.2, 0.25) is 0 Å². The highest BCUT2D eigenvalue weighted by molar-refractivity contribution is 6.15. The maximum absolute atomic E-state index is 14.4. The van der Waals surface area contributed by atoms with E-state index in [2.05, 4.69) is 83.2 Å². The number of carbonyl (C=O) groups excluding carboxylic acids is 1. The highest BCUT2D eigenvalue weighted by Gasteiger charge is 2.49. The average Bonchev–Trinajstić information content (AvgIpc) is 3.03. The Bertz CT molecular complexity index is 1480. The van der Waals surface area contributed by atoms with Gasteiger partial charge in [-0.1, -0.05) is 83.2 Å². The maximum Gasteiger partial charge on any atom is 0.170 e. The van der Waals surface area contributed by atoms with E-state index in [9.17, 15) is 4.79 Å². The first-order valence-electron chi connectivity index (χ1n) is 13.5. The summed E-state index contributed by atoms with van der Waals surface area (Å²) in [4.78, 5) is 14.4. The Morgan fingerprint density at radius 3 is 2.17 bits per heavy atom.